The SMILES string of the molecule is CS(=O)(=O)N1CC(F)(c2cccc(C(=O)N3CCC[C@@]3(C(N)=O)[C@@H](c3ccc(C(F)(F)F)cc3F)C3CC3)c2)C1. The molecule has 0 radical (unpaired) electrons. The van der Waals surface area contributed by atoms with E-state index in [4.69, 9.17) is 5.73 Å². The number of rotatable bonds is 7. The molecule has 13 heteroatoms. The van der Waals surface area contributed by atoms with Crippen molar-refractivity contribution in [1.29, 1.82) is 0 Å². The zero-order valence-electron chi connectivity index (χ0n) is 21.5. The summed E-state index contributed by atoms with van der Waals surface area (Å²) in [5.41, 5.74) is 1.05. The second-order valence-electron chi connectivity index (χ2n) is 11.0. The Bertz CT molecular complexity index is 1470. The van der Waals surface area contributed by atoms with E-state index in [1.807, 2.05) is 0 Å². The van der Waals surface area contributed by atoms with E-state index in [1.165, 1.54) is 29.2 Å². The molecule has 1 aliphatic carbocycles. The first kappa shape index (κ1) is 28.5. The molecule has 5 rings (SSSR count). The van der Waals surface area contributed by atoms with Crippen LogP contribution in [0.3, 0.4) is 0 Å². The molecule has 2 aliphatic heterocycles. The first-order valence-electron chi connectivity index (χ1n) is 12.8. The third-order valence-electron chi connectivity index (χ3n) is 8.31. The second kappa shape index (κ2) is 9.51. The molecular weight excluding hydrogens is 557 g/mol. The summed E-state index contributed by atoms with van der Waals surface area (Å²) in [6, 6.07) is 7.78. The van der Waals surface area contributed by atoms with Crippen molar-refractivity contribution in [1.82, 2.24) is 9.21 Å². The summed E-state index contributed by atoms with van der Waals surface area (Å²) in [5.74, 6) is -3.92. The highest BCUT2D eigenvalue weighted by atomic mass is 32.2. The van der Waals surface area contributed by atoms with Crippen LogP contribution in [0.5, 0.6) is 0 Å². The zero-order valence-corrected chi connectivity index (χ0v) is 22.4. The van der Waals surface area contributed by atoms with E-state index in [1.54, 1.807) is 0 Å². The lowest BCUT2D eigenvalue weighted by molar-refractivity contribution is -0.138. The summed E-state index contributed by atoms with van der Waals surface area (Å²) in [5, 5.41) is 0. The van der Waals surface area contributed by atoms with Crippen LogP contribution in [0, 0.1) is 11.7 Å². The first-order valence-corrected chi connectivity index (χ1v) is 14.7. The molecule has 2 aromatic rings. The fourth-order valence-corrected chi connectivity index (χ4v) is 7.04. The van der Waals surface area contributed by atoms with Crippen LogP contribution in [0.2, 0.25) is 0 Å². The van der Waals surface area contributed by atoms with Gasteiger partial charge in [-0.25, -0.2) is 17.2 Å². The third-order valence-corrected chi connectivity index (χ3v) is 9.51. The standard InChI is InChI=1S/C27H28F5N3O4S/c1-40(38,39)34-14-25(29,15-34)18-5-2-4-17(12-18)23(36)35-11-3-10-26(35,24(33)37)22(16-6-7-16)20-9-8-19(13-21(20)28)27(30,31)32/h2,4-5,8-9,12-13,16,22H,3,6-7,10-11,14-15H2,1H3,(H2,33,37)/t22-,26+/m1/s1. The van der Waals surface area contributed by atoms with E-state index in [0.29, 0.717) is 25.3 Å². The zero-order chi connectivity index (χ0) is 29.3. The van der Waals surface area contributed by atoms with Crippen molar-refractivity contribution in [3.8, 4) is 0 Å². The van der Waals surface area contributed by atoms with Crippen LogP contribution in [0.4, 0.5) is 22.0 Å². The van der Waals surface area contributed by atoms with Gasteiger partial charge in [0.1, 0.15) is 11.4 Å². The quantitative estimate of drug-likeness (QED) is 0.498. The number of carbonyl (C=O) groups is 2. The molecule has 7 nitrogen and oxygen atoms in total. The molecule has 1 saturated carbocycles. The van der Waals surface area contributed by atoms with Crippen LogP contribution >= 0.6 is 0 Å². The van der Waals surface area contributed by atoms with Gasteiger partial charge in [0.05, 0.1) is 24.9 Å². The number of benzene rings is 2. The molecular formula is C27H28F5N3O4S. The van der Waals surface area contributed by atoms with Gasteiger partial charge >= 0.3 is 6.18 Å². The summed E-state index contributed by atoms with van der Waals surface area (Å²) >= 11 is 0. The van der Waals surface area contributed by atoms with E-state index < -0.39 is 69.6 Å². The van der Waals surface area contributed by atoms with Gasteiger partial charge in [-0.2, -0.15) is 17.5 Å². The Labute approximate surface area is 228 Å². The van der Waals surface area contributed by atoms with Crippen molar-refractivity contribution in [3.63, 3.8) is 0 Å². The van der Waals surface area contributed by atoms with Gasteiger partial charge < -0.3 is 10.6 Å². The van der Waals surface area contributed by atoms with E-state index in [0.717, 1.165) is 22.7 Å². The van der Waals surface area contributed by atoms with Crippen LogP contribution < -0.4 is 5.73 Å². The molecule has 2 amide bonds. The number of primary amides is 1. The third kappa shape index (κ3) is 4.76. The van der Waals surface area contributed by atoms with Crippen LogP contribution in [-0.4, -0.2) is 60.9 Å². The van der Waals surface area contributed by atoms with E-state index in [-0.39, 0.29) is 35.6 Å². The number of sulfonamides is 1. The number of nitrogens with zero attached hydrogens (tertiary/aromatic N) is 2. The molecule has 0 aromatic heterocycles. The van der Waals surface area contributed by atoms with Crippen molar-refractivity contribution in [2.45, 2.75) is 49.0 Å². The monoisotopic (exact) mass is 585 g/mol. The van der Waals surface area contributed by atoms with Crippen molar-refractivity contribution >= 4 is 21.8 Å². The normalized spacial score (nSPS) is 24.0. The Hall–Kier alpha value is -3.06. The Balaban J connectivity index is 1.51. The van der Waals surface area contributed by atoms with E-state index in [2.05, 4.69) is 0 Å². The Morgan fingerprint density at radius 1 is 1.10 bits per heavy atom. The molecule has 0 bridgehead atoms. The van der Waals surface area contributed by atoms with Crippen molar-refractivity contribution in [3.05, 3.63) is 70.5 Å². The molecule has 0 unspecified atom stereocenters. The fourth-order valence-electron chi connectivity index (χ4n) is 6.16. The van der Waals surface area contributed by atoms with Crippen molar-refractivity contribution in [2.75, 3.05) is 25.9 Å². The highest BCUT2D eigenvalue weighted by Crippen LogP contribution is 2.54. The van der Waals surface area contributed by atoms with Crippen LogP contribution in [0.15, 0.2) is 42.5 Å². The molecule has 2 aromatic carbocycles. The second-order valence-corrected chi connectivity index (χ2v) is 13.0. The number of hydrogen-bond acceptors (Lipinski definition) is 4. The number of carbonyl (C=O) groups excluding carboxylic acids is 2. The number of nitrogens with two attached hydrogens (primary N) is 1. The first-order chi connectivity index (χ1) is 18.6. The number of likely N-dealkylation sites (tertiary alicyclic amines) is 1. The van der Waals surface area contributed by atoms with Crippen molar-refractivity contribution in [2.24, 2.45) is 11.7 Å². The molecule has 216 valence electrons. The predicted octanol–water partition coefficient (Wildman–Crippen LogP) is 3.94. The average Bonchev–Trinajstić information content (AvgIpc) is 3.58. The van der Waals surface area contributed by atoms with Gasteiger partial charge in [-0.05, 0) is 67.0 Å². The largest absolute Gasteiger partial charge is 0.416 e. The lowest BCUT2D eigenvalue weighted by Crippen LogP contribution is -2.60. The number of hydrogen-bond donors (Lipinski definition) is 1. The number of halogens is 5. The van der Waals surface area contributed by atoms with E-state index in [9.17, 15) is 31.2 Å². The molecule has 2 N–H and O–H groups in total. The summed E-state index contributed by atoms with van der Waals surface area (Å²) < 4.78 is 94.8. The molecule has 2 atom stereocenters. The van der Waals surface area contributed by atoms with Gasteiger partial charge in [-0.1, -0.05) is 18.2 Å². The molecule has 2 heterocycles. The average molecular weight is 586 g/mol. The Kier molecular flexibility index (Phi) is 6.77. The van der Waals surface area contributed by atoms with Crippen LogP contribution in [0.25, 0.3) is 0 Å². The minimum absolute atomic E-state index is 0.0299. The van der Waals surface area contributed by atoms with Gasteiger partial charge in [-0.3, -0.25) is 9.59 Å². The number of alkyl halides is 4. The van der Waals surface area contributed by atoms with Crippen LogP contribution in [-0.2, 0) is 26.7 Å². The summed E-state index contributed by atoms with van der Waals surface area (Å²) in [6.07, 6.45) is -2.19. The maximum absolute atomic E-state index is 15.5. The van der Waals surface area contributed by atoms with Crippen molar-refractivity contribution < 1.29 is 40.0 Å². The summed E-state index contributed by atoms with van der Waals surface area (Å²) in [7, 11) is -3.59. The molecule has 3 fully saturated rings. The smallest absolute Gasteiger partial charge is 0.368 e. The highest BCUT2D eigenvalue weighted by Gasteiger charge is 2.59. The number of amides is 2. The molecule has 40 heavy (non-hydrogen) atoms. The minimum Gasteiger partial charge on any atom is -0.368 e. The topological polar surface area (TPSA) is 101 Å². The maximum Gasteiger partial charge on any atom is 0.416 e. The van der Waals surface area contributed by atoms with Gasteiger partial charge in [-0.15, -0.1) is 0 Å². The predicted molar refractivity (Wildman–Crippen MR) is 135 cm³/mol. The van der Waals surface area contributed by atoms with Gasteiger partial charge in [0.25, 0.3) is 5.91 Å². The summed E-state index contributed by atoms with van der Waals surface area (Å²) in [6.45, 7) is -0.731. The van der Waals surface area contributed by atoms with Gasteiger partial charge in [0, 0.05) is 18.0 Å². The highest BCUT2D eigenvalue weighted by molar-refractivity contribution is 7.88. The lowest BCUT2D eigenvalue weighted by atomic mass is 9.73. The van der Waals surface area contributed by atoms with Gasteiger partial charge in [0.2, 0.25) is 15.9 Å². The Morgan fingerprint density at radius 2 is 1.77 bits per heavy atom. The molecule has 2 saturated heterocycles. The lowest BCUT2D eigenvalue weighted by Gasteiger charge is -2.44. The van der Waals surface area contributed by atoms with Crippen LogP contribution in [0.1, 0.15) is 58.6 Å². The minimum atomic E-state index is -4.76. The van der Waals surface area contributed by atoms with E-state index >= 15 is 8.78 Å². The van der Waals surface area contributed by atoms with Gasteiger partial charge in [0.15, 0.2) is 5.67 Å². The Morgan fingerprint density at radius 3 is 2.33 bits per heavy atom. The molecule has 3 aliphatic rings. The summed E-state index contributed by atoms with van der Waals surface area (Å²) in [4.78, 5) is 28.3. The maximum atomic E-state index is 15.5. The fraction of sp³-hybridized carbons (Fsp3) is 0.481. The molecule has 0 spiro atoms.